The van der Waals surface area contributed by atoms with Gasteiger partial charge in [0.15, 0.2) is 0 Å². The maximum atomic E-state index is 13.4. The van der Waals surface area contributed by atoms with Gasteiger partial charge in [-0.15, -0.1) is 23.1 Å². The number of thiophene rings is 1. The van der Waals surface area contributed by atoms with Crippen molar-refractivity contribution in [3.8, 4) is 16.9 Å². The molecule has 0 aliphatic rings. The predicted molar refractivity (Wildman–Crippen MR) is 116 cm³/mol. The Morgan fingerprint density at radius 3 is 2.31 bits per heavy atom. The number of carbonyl (C=O) groups excluding carboxylic acids is 1. The van der Waals surface area contributed by atoms with E-state index in [1.807, 2.05) is 0 Å². The molecule has 0 amide bonds. The summed E-state index contributed by atoms with van der Waals surface area (Å²) in [4.78, 5) is 11.1. The van der Waals surface area contributed by atoms with Gasteiger partial charge in [0, 0.05) is 0 Å². The van der Waals surface area contributed by atoms with Crippen LogP contribution < -0.4 is 10.5 Å². The van der Waals surface area contributed by atoms with Gasteiger partial charge >= 0.3 is 12.1 Å². The second kappa shape index (κ2) is 8.96. The van der Waals surface area contributed by atoms with Crippen LogP contribution in [0.4, 0.5) is 13.2 Å². The number of alkyl halides is 3. The van der Waals surface area contributed by atoms with Crippen molar-refractivity contribution < 1.29 is 31.1 Å². The monoisotopic (exact) mass is 500 g/mol. The van der Waals surface area contributed by atoms with Gasteiger partial charge in [-0.05, 0) is 41.6 Å². The Morgan fingerprint density at radius 1 is 1.09 bits per heavy atom. The summed E-state index contributed by atoms with van der Waals surface area (Å²) in [6, 6.07) is 12.9. The average Bonchev–Trinajstić information content (AvgIpc) is 3.19. The second-order valence-electron chi connectivity index (χ2n) is 6.33. The van der Waals surface area contributed by atoms with E-state index in [1.54, 1.807) is 36.6 Å². The maximum absolute atomic E-state index is 13.4. The molecule has 3 rings (SSSR count). The molecule has 12 heteroatoms. The van der Waals surface area contributed by atoms with Crippen LogP contribution in [0.5, 0.6) is 5.75 Å². The number of carbonyl (C=O) groups is 1. The highest BCUT2D eigenvalue weighted by atomic mass is 32.2. The van der Waals surface area contributed by atoms with Gasteiger partial charge in [0.05, 0.1) is 18.9 Å². The number of thioether (sulfide) groups is 1. The van der Waals surface area contributed by atoms with Crippen LogP contribution in [0.2, 0.25) is 0 Å². The molecule has 0 aliphatic heterocycles. The minimum absolute atomic E-state index is 0.140. The third-order valence-corrected chi connectivity index (χ3v) is 8.47. The number of benzene rings is 2. The SMILES string of the molecule is CSc1sc(C(=N)N)cc1S(=O)(=O)c1cc(OC(=O)C(F)(F)F)cc(-c2ccccc2)c1. The first-order chi connectivity index (χ1) is 14.9. The van der Waals surface area contributed by atoms with Crippen LogP contribution >= 0.6 is 23.1 Å². The lowest BCUT2D eigenvalue weighted by atomic mass is 10.1. The number of nitrogens with two attached hydrogens (primary N) is 1. The lowest BCUT2D eigenvalue weighted by Gasteiger charge is -2.12. The highest BCUT2D eigenvalue weighted by Crippen LogP contribution is 2.39. The van der Waals surface area contributed by atoms with Crippen LogP contribution in [0.1, 0.15) is 4.88 Å². The van der Waals surface area contributed by atoms with Gasteiger partial charge in [0.2, 0.25) is 9.84 Å². The summed E-state index contributed by atoms with van der Waals surface area (Å²) in [5, 5.41) is 7.57. The molecule has 0 unspecified atom stereocenters. The maximum Gasteiger partial charge on any atom is 0.491 e. The van der Waals surface area contributed by atoms with Crippen LogP contribution in [0, 0.1) is 5.41 Å². The van der Waals surface area contributed by atoms with Gasteiger partial charge in [-0.1, -0.05) is 30.3 Å². The molecule has 6 nitrogen and oxygen atoms in total. The number of hydrogen-bond acceptors (Lipinski definition) is 7. The number of esters is 1. The van der Waals surface area contributed by atoms with Crippen molar-refractivity contribution in [3.05, 3.63) is 59.5 Å². The quantitative estimate of drug-likeness (QED) is 0.167. The predicted octanol–water partition coefficient (Wildman–Crippen LogP) is 4.72. The van der Waals surface area contributed by atoms with Crippen molar-refractivity contribution in [2.45, 2.75) is 20.2 Å². The third-order valence-electron chi connectivity index (χ3n) is 4.15. The lowest BCUT2D eigenvalue weighted by molar-refractivity contribution is -0.189. The minimum Gasteiger partial charge on any atom is -0.420 e. The highest BCUT2D eigenvalue weighted by molar-refractivity contribution is 8.01. The molecule has 1 heterocycles. The molecule has 0 spiro atoms. The van der Waals surface area contributed by atoms with Crippen LogP contribution in [0.15, 0.2) is 68.6 Å². The molecule has 3 N–H and O–H groups in total. The Bertz CT molecular complexity index is 1290. The molecule has 32 heavy (non-hydrogen) atoms. The van der Waals surface area contributed by atoms with Crippen molar-refractivity contribution in [2.75, 3.05) is 6.26 Å². The van der Waals surface area contributed by atoms with E-state index in [4.69, 9.17) is 11.1 Å². The smallest absolute Gasteiger partial charge is 0.420 e. The zero-order chi connectivity index (χ0) is 23.7. The Morgan fingerprint density at radius 2 is 1.75 bits per heavy atom. The van der Waals surface area contributed by atoms with Crippen LogP contribution in [0.25, 0.3) is 11.1 Å². The largest absolute Gasteiger partial charge is 0.491 e. The summed E-state index contributed by atoms with van der Waals surface area (Å²) in [5.74, 6) is -3.35. The second-order valence-corrected chi connectivity index (χ2v) is 10.4. The number of sulfone groups is 1. The van der Waals surface area contributed by atoms with E-state index in [0.717, 1.165) is 35.2 Å². The summed E-state index contributed by atoms with van der Waals surface area (Å²) >= 11 is 2.14. The first-order valence-electron chi connectivity index (χ1n) is 8.70. The molecule has 0 fully saturated rings. The third kappa shape index (κ3) is 4.97. The van der Waals surface area contributed by atoms with E-state index >= 15 is 0 Å². The number of rotatable bonds is 6. The summed E-state index contributed by atoms with van der Waals surface area (Å²) in [7, 11) is -4.25. The lowest BCUT2D eigenvalue weighted by Crippen LogP contribution is -2.28. The summed E-state index contributed by atoms with van der Waals surface area (Å²) < 4.78 is 69.7. The molecule has 1 aromatic heterocycles. The number of nitrogen functional groups attached to an aromatic ring is 1. The van der Waals surface area contributed by atoms with E-state index in [1.165, 1.54) is 12.1 Å². The normalized spacial score (nSPS) is 11.9. The number of nitrogens with one attached hydrogen (secondary N) is 1. The molecule has 0 aliphatic carbocycles. The number of ether oxygens (including phenoxy) is 1. The minimum atomic E-state index is -5.25. The van der Waals surface area contributed by atoms with Gasteiger partial charge in [-0.3, -0.25) is 5.41 Å². The first-order valence-corrected chi connectivity index (χ1v) is 12.2. The standard InChI is InChI=1S/C20H15F3N2O4S3/c1-30-18-16(10-15(31-18)17(24)25)32(27,28)14-8-12(11-5-3-2-4-6-11)7-13(9-14)29-19(26)20(21,22)23/h2-10H,1H3,(H3,24,25). The number of halogens is 3. The van der Waals surface area contributed by atoms with Gasteiger partial charge in [0.25, 0.3) is 0 Å². The first kappa shape index (κ1) is 23.8. The molecular weight excluding hydrogens is 485 g/mol. The van der Waals surface area contributed by atoms with Gasteiger partial charge in [-0.25, -0.2) is 13.2 Å². The van der Waals surface area contributed by atoms with Gasteiger partial charge in [0.1, 0.15) is 11.6 Å². The molecule has 0 atom stereocenters. The van der Waals surface area contributed by atoms with E-state index < -0.39 is 27.7 Å². The Hall–Kier alpha value is -2.83. The molecule has 0 radical (unpaired) electrons. The summed E-state index contributed by atoms with van der Waals surface area (Å²) in [6.07, 6.45) is -3.61. The van der Waals surface area contributed by atoms with E-state index in [0.29, 0.717) is 9.77 Å². The van der Waals surface area contributed by atoms with E-state index in [2.05, 4.69) is 4.74 Å². The fourth-order valence-electron chi connectivity index (χ4n) is 2.69. The van der Waals surface area contributed by atoms with Gasteiger partial charge < -0.3 is 10.5 Å². The topological polar surface area (TPSA) is 110 Å². The highest BCUT2D eigenvalue weighted by Gasteiger charge is 2.41. The van der Waals surface area contributed by atoms with Crippen molar-refractivity contribution in [2.24, 2.45) is 5.73 Å². The molecule has 0 bridgehead atoms. The van der Waals surface area contributed by atoms with Crippen molar-refractivity contribution >= 4 is 44.7 Å². The molecule has 0 saturated heterocycles. The zero-order valence-electron chi connectivity index (χ0n) is 16.3. The van der Waals surface area contributed by atoms with Gasteiger partial charge in [-0.2, -0.15) is 13.2 Å². The fourth-order valence-corrected chi connectivity index (χ4v) is 6.61. The van der Waals surface area contributed by atoms with Crippen LogP contribution in [-0.2, 0) is 14.6 Å². The van der Waals surface area contributed by atoms with Crippen molar-refractivity contribution in [3.63, 3.8) is 0 Å². The van der Waals surface area contributed by atoms with E-state index in [-0.39, 0.29) is 26.1 Å². The van der Waals surface area contributed by atoms with Crippen molar-refractivity contribution in [1.29, 1.82) is 5.41 Å². The molecule has 0 saturated carbocycles. The Labute approximate surface area is 189 Å². The van der Waals surface area contributed by atoms with Crippen molar-refractivity contribution in [1.82, 2.24) is 0 Å². The Kier molecular flexibility index (Phi) is 6.67. The van der Waals surface area contributed by atoms with E-state index in [9.17, 15) is 26.4 Å². The average molecular weight is 501 g/mol. The zero-order valence-corrected chi connectivity index (χ0v) is 18.7. The molecular formula is C20H15F3N2O4S3. The van der Waals surface area contributed by atoms with Crippen LogP contribution in [-0.4, -0.2) is 32.7 Å². The molecule has 2 aromatic carbocycles. The Balaban J connectivity index is 2.19. The number of hydrogen-bond donors (Lipinski definition) is 2. The molecule has 168 valence electrons. The summed E-state index contributed by atoms with van der Waals surface area (Å²) in [6.45, 7) is 0. The molecule has 3 aromatic rings. The summed E-state index contributed by atoms with van der Waals surface area (Å²) in [5.41, 5.74) is 6.23. The fraction of sp³-hybridized carbons (Fsp3) is 0.100. The van der Waals surface area contributed by atoms with Crippen LogP contribution in [0.3, 0.4) is 0 Å². The number of amidine groups is 1.